The highest BCUT2D eigenvalue weighted by Gasteiger charge is 2.34. The quantitative estimate of drug-likeness (QED) is 0.938. The Morgan fingerprint density at radius 2 is 2.04 bits per heavy atom. The second kappa shape index (κ2) is 6.63. The summed E-state index contributed by atoms with van der Waals surface area (Å²) in [7, 11) is 0. The fourth-order valence-corrected chi connectivity index (χ4v) is 3.38. The smallest absolute Gasteiger partial charge is 0.249 e. The number of nitrogens with one attached hydrogen (secondary N) is 1. The van der Waals surface area contributed by atoms with Crippen molar-refractivity contribution in [3.8, 4) is 0 Å². The third-order valence-corrected chi connectivity index (χ3v) is 4.85. The van der Waals surface area contributed by atoms with E-state index in [-0.39, 0.29) is 11.8 Å². The van der Waals surface area contributed by atoms with Gasteiger partial charge in [-0.15, -0.1) is 0 Å². The van der Waals surface area contributed by atoms with Crippen molar-refractivity contribution in [3.63, 3.8) is 0 Å². The Morgan fingerprint density at radius 3 is 2.75 bits per heavy atom. The topological polar surface area (TPSA) is 49.4 Å². The molecule has 0 aromatic heterocycles. The second-order valence-electron chi connectivity index (χ2n) is 6.70. The maximum Gasteiger partial charge on any atom is 0.249 e. The molecule has 0 bridgehead atoms. The minimum Gasteiger partial charge on any atom is -0.344 e. The molecule has 0 saturated heterocycles. The van der Waals surface area contributed by atoms with E-state index in [1.54, 1.807) is 0 Å². The Morgan fingerprint density at radius 1 is 1.29 bits per heavy atom. The normalized spacial score (nSPS) is 18.4. The third-order valence-electron chi connectivity index (χ3n) is 4.85. The van der Waals surface area contributed by atoms with Crippen molar-refractivity contribution in [2.75, 3.05) is 11.4 Å². The van der Waals surface area contributed by atoms with E-state index >= 15 is 0 Å². The molecule has 0 aliphatic carbocycles. The zero-order valence-electron chi connectivity index (χ0n) is 14.5. The van der Waals surface area contributed by atoms with Crippen molar-refractivity contribution in [1.29, 1.82) is 0 Å². The van der Waals surface area contributed by atoms with Crippen LogP contribution >= 0.6 is 0 Å². The van der Waals surface area contributed by atoms with Gasteiger partial charge in [-0.3, -0.25) is 9.59 Å². The van der Waals surface area contributed by atoms with E-state index in [2.05, 4.69) is 37.4 Å². The predicted octanol–water partition coefficient (Wildman–Crippen LogP) is 3.28. The molecule has 1 aliphatic heterocycles. The summed E-state index contributed by atoms with van der Waals surface area (Å²) in [5.41, 5.74) is 2.13. The molecule has 1 aliphatic rings. The molecule has 1 heterocycles. The molecule has 0 saturated carbocycles. The monoisotopic (exact) mass is 324 g/mol. The van der Waals surface area contributed by atoms with Gasteiger partial charge < -0.3 is 10.2 Å². The van der Waals surface area contributed by atoms with E-state index in [4.69, 9.17) is 0 Å². The zero-order chi connectivity index (χ0) is 17.3. The standard InChI is InChI=1S/C20H24N2O2/c1-4-13(2)12-22-19-10-9-15-7-5-6-8-16(15)17(19)11-18(20(22)24)21-14(3)23/h5-10,13,18H,4,11-12H2,1-3H3,(H,21,23)/t13-,18?/m0/s1. The summed E-state index contributed by atoms with van der Waals surface area (Å²) in [5, 5.41) is 5.15. The summed E-state index contributed by atoms with van der Waals surface area (Å²) < 4.78 is 0. The van der Waals surface area contributed by atoms with E-state index < -0.39 is 6.04 Å². The first-order valence-corrected chi connectivity index (χ1v) is 8.60. The number of hydrogen-bond donors (Lipinski definition) is 1. The molecule has 126 valence electrons. The van der Waals surface area contributed by atoms with Gasteiger partial charge in [-0.2, -0.15) is 0 Å². The Hall–Kier alpha value is -2.36. The number of carbonyl (C=O) groups excluding carboxylic acids is 2. The van der Waals surface area contributed by atoms with Crippen LogP contribution in [0.2, 0.25) is 0 Å². The Labute approximate surface area is 142 Å². The molecule has 0 spiro atoms. The molecule has 0 fully saturated rings. The highest BCUT2D eigenvalue weighted by molar-refractivity contribution is 6.05. The van der Waals surface area contributed by atoms with Crippen LogP contribution in [0, 0.1) is 5.92 Å². The molecule has 0 radical (unpaired) electrons. The number of benzene rings is 2. The number of nitrogens with zero attached hydrogens (tertiary/aromatic N) is 1. The lowest BCUT2D eigenvalue weighted by atomic mass is 9.91. The fraction of sp³-hybridized carbons (Fsp3) is 0.400. The van der Waals surface area contributed by atoms with Crippen LogP contribution in [0.4, 0.5) is 5.69 Å². The van der Waals surface area contributed by atoms with Crippen LogP contribution in [-0.4, -0.2) is 24.4 Å². The number of anilines is 1. The molecule has 4 nitrogen and oxygen atoms in total. The predicted molar refractivity (Wildman–Crippen MR) is 97.1 cm³/mol. The van der Waals surface area contributed by atoms with Crippen molar-refractivity contribution in [1.82, 2.24) is 5.32 Å². The summed E-state index contributed by atoms with van der Waals surface area (Å²) in [6, 6.07) is 11.8. The Kier molecular flexibility index (Phi) is 4.56. The highest BCUT2D eigenvalue weighted by Crippen LogP contribution is 2.34. The van der Waals surface area contributed by atoms with E-state index in [0.717, 1.165) is 28.4 Å². The molecule has 24 heavy (non-hydrogen) atoms. The number of amides is 2. The minimum atomic E-state index is -0.482. The van der Waals surface area contributed by atoms with E-state index in [0.29, 0.717) is 18.9 Å². The van der Waals surface area contributed by atoms with Gasteiger partial charge in [0.1, 0.15) is 6.04 Å². The first-order chi connectivity index (χ1) is 11.5. The van der Waals surface area contributed by atoms with Crippen molar-refractivity contribution in [3.05, 3.63) is 42.0 Å². The lowest BCUT2D eigenvalue weighted by molar-refractivity contribution is -0.126. The van der Waals surface area contributed by atoms with Crippen LogP contribution in [0.5, 0.6) is 0 Å². The lowest BCUT2D eigenvalue weighted by Gasteiger charge is -2.36. The van der Waals surface area contributed by atoms with Gasteiger partial charge in [0, 0.05) is 25.6 Å². The molecule has 4 heteroatoms. The van der Waals surface area contributed by atoms with Crippen molar-refractivity contribution in [2.45, 2.75) is 39.7 Å². The van der Waals surface area contributed by atoms with E-state index in [9.17, 15) is 9.59 Å². The van der Waals surface area contributed by atoms with Crippen LogP contribution in [0.15, 0.2) is 36.4 Å². The molecule has 2 amide bonds. The number of fused-ring (bicyclic) bond motifs is 3. The number of hydrogen-bond acceptors (Lipinski definition) is 2. The molecule has 1 N–H and O–H groups in total. The molecule has 1 unspecified atom stereocenters. The third kappa shape index (κ3) is 3.01. The highest BCUT2D eigenvalue weighted by atomic mass is 16.2. The largest absolute Gasteiger partial charge is 0.344 e. The van der Waals surface area contributed by atoms with Crippen LogP contribution in [0.25, 0.3) is 10.8 Å². The van der Waals surface area contributed by atoms with Gasteiger partial charge in [0.15, 0.2) is 0 Å². The maximum absolute atomic E-state index is 12.9. The lowest BCUT2D eigenvalue weighted by Crippen LogP contribution is -2.53. The fourth-order valence-electron chi connectivity index (χ4n) is 3.38. The summed E-state index contributed by atoms with van der Waals surface area (Å²) in [6.45, 7) is 6.42. The molecule has 2 aromatic rings. The van der Waals surface area contributed by atoms with Gasteiger partial charge in [-0.25, -0.2) is 0 Å². The number of carbonyl (C=O) groups is 2. The van der Waals surface area contributed by atoms with Crippen LogP contribution in [0.3, 0.4) is 0 Å². The van der Waals surface area contributed by atoms with Gasteiger partial charge in [-0.1, -0.05) is 50.6 Å². The first-order valence-electron chi connectivity index (χ1n) is 8.60. The van der Waals surface area contributed by atoms with Crippen LogP contribution in [-0.2, 0) is 16.0 Å². The first kappa shape index (κ1) is 16.5. The van der Waals surface area contributed by atoms with Crippen molar-refractivity contribution in [2.24, 2.45) is 5.92 Å². The summed E-state index contributed by atoms with van der Waals surface area (Å²) >= 11 is 0. The number of rotatable bonds is 4. The molecule has 2 aromatic carbocycles. The van der Waals surface area contributed by atoms with Crippen molar-refractivity contribution >= 4 is 28.3 Å². The SMILES string of the molecule is CC[C@H](C)CN1C(=O)C(NC(C)=O)Cc2c1ccc1ccccc21. The van der Waals surface area contributed by atoms with Gasteiger partial charge in [-0.05, 0) is 28.3 Å². The van der Waals surface area contributed by atoms with E-state index in [1.807, 2.05) is 23.1 Å². The minimum absolute atomic E-state index is 0.00622. The van der Waals surface area contributed by atoms with Crippen LogP contribution < -0.4 is 10.2 Å². The maximum atomic E-state index is 12.9. The molecule has 3 rings (SSSR count). The average molecular weight is 324 g/mol. The van der Waals surface area contributed by atoms with Crippen LogP contribution in [0.1, 0.15) is 32.8 Å². The molecular weight excluding hydrogens is 300 g/mol. The van der Waals surface area contributed by atoms with E-state index in [1.165, 1.54) is 6.92 Å². The Balaban J connectivity index is 2.10. The van der Waals surface area contributed by atoms with Gasteiger partial charge in [0.2, 0.25) is 11.8 Å². The van der Waals surface area contributed by atoms with Gasteiger partial charge in [0.05, 0.1) is 0 Å². The summed E-state index contributed by atoms with van der Waals surface area (Å²) in [6.07, 6.45) is 1.56. The molecule has 2 atom stereocenters. The zero-order valence-corrected chi connectivity index (χ0v) is 14.5. The van der Waals surface area contributed by atoms with Gasteiger partial charge >= 0.3 is 0 Å². The average Bonchev–Trinajstić information content (AvgIpc) is 2.57. The second-order valence-corrected chi connectivity index (χ2v) is 6.70. The molecular formula is C20H24N2O2. The Bertz CT molecular complexity index is 784. The summed E-state index contributed by atoms with van der Waals surface area (Å²) in [5.74, 6) is 0.234. The summed E-state index contributed by atoms with van der Waals surface area (Å²) in [4.78, 5) is 26.3. The van der Waals surface area contributed by atoms with Gasteiger partial charge in [0.25, 0.3) is 0 Å². The van der Waals surface area contributed by atoms with Crippen molar-refractivity contribution < 1.29 is 9.59 Å².